The lowest BCUT2D eigenvalue weighted by atomic mass is 10.0. The summed E-state index contributed by atoms with van der Waals surface area (Å²) in [6, 6.07) is 18.0. The molecule has 2 aliphatic heterocycles. The molecule has 2 aromatic carbocycles. The van der Waals surface area contributed by atoms with Crippen LogP contribution in [0.5, 0.6) is 0 Å². The molecule has 0 spiro atoms. The Hall–Kier alpha value is -3.28. The summed E-state index contributed by atoms with van der Waals surface area (Å²) in [7, 11) is 0. The van der Waals surface area contributed by atoms with Crippen LogP contribution in [-0.4, -0.2) is 66.0 Å². The highest BCUT2D eigenvalue weighted by Gasteiger charge is 2.58. The van der Waals surface area contributed by atoms with E-state index in [-0.39, 0.29) is 35.9 Å². The lowest BCUT2D eigenvalue weighted by Gasteiger charge is -2.53. The number of hydrogen-bond donors (Lipinski definition) is 3. The summed E-state index contributed by atoms with van der Waals surface area (Å²) < 4.78 is 0.463. The third-order valence-corrected chi connectivity index (χ3v) is 9.43. The lowest BCUT2D eigenvalue weighted by Crippen LogP contribution is -2.74. The standard InChI is InChI=1S/C25H25N5O4S2/c26-13-17-7-5-4-6-16(17)12-19(31)28-21-22(32)29-14-25(24(33)34,15-35-23(21)29)36-20-10-11-27-30(20)18-8-2-1-3-9-18/h1-11,21,23H,12-15,26H2,(H,28,31)(H,33,34)/t21-,23-,25?/m1/s1. The van der Waals surface area contributed by atoms with Gasteiger partial charge in [-0.15, -0.1) is 11.8 Å². The first-order valence-electron chi connectivity index (χ1n) is 11.4. The van der Waals surface area contributed by atoms with Gasteiger partial charge in [0.15, 0.2) is 0 Å². The van der Waals surface area contributed by atoms with Crippen molar-refractivity contribution < 1.29 is 19.5 Å². The van der Waals surface area contributed by atoms with Crippen molar-refractivity contribution in [3.05, 3.63) is 78.0 Å². The Morgan fingerprint density at radius 1 is 1.14 bits per heavy atom. The Labute approximate surface area is 216 Å². The van der Waals surface area contributed by atoms with Crippen molar-refractivity contribution in [2.24, 2.45) is 5.73 Å². The van der Waals surface area contributed by atoms with Gasteiger partial charge < -0.3 is 21.1 Å². The van der Waals surface area contributed by atoms with E-state index in [1.54, 1.807) is 21.8 Å². The summed E-state index contributed by atoms with van der Waals surface area (Å²) >= 11 is 2.58. The van der Waals surface area contributed by atoms with E-state index in [4.69, 9.17) is 5.73 Å². The molecule has 186 valence electrons. The molecule has 0 bridgehead atoms. The van der Waals surface area contributed by atoms with Gasteiger partial charge in [-0.1, -0.05) is 54.2 Å². The number of nitrogens with zero attached hydrogens (tertiary/aromatic N) is 3. The van der Waals surface area contributed by atoms with Crippen molar-refractivity contribution >= 4 is 41.3 Å². The summed E-state index contributed by atoms with van der Waals surface area (Å²) in [5.41, 5.74) is 8.30. The van der Waals surface area contributed by atoms with Gasteiger partial charge in [-0.3, -0.25) is 14.4 Å². The molecule has 11 heteroatoms. The SMILES string of the molecule is NCc1ccccc1CC(=O)N[C@@H]1C(=O)N2CC(Sc3ccnn3-c3ccccc3)(C(=O)O)CS[C@H]12. The molecule has 2 saturated heterocycles. The first-order valence-corrected chi connectivity index (χ1v) is 13.3. The first-order chi connectivity index (χ1) is 17.4. The van der Waals surface area contributed by atoms with Crippen LogP contribution in [0, 0.1) is 0 Å². The van der Waals surface area contributed by atoms with E-state index in [1.165, 1.54) is 23.5 Å². The largest absolute Gasteiger partial charge is 0.480 e. The number of hydrogen-bond acceptors (Lipinski definition) is 7. The van der Waals surface area contributed by atoms with Crippen LogP contribution in [0.4, 0.5) is 0 Å². The maximum atomic E-state index is 13.0. The normalized spacial score (nSPS) is 23.0. The summed E-state index contributed by atoms with van der Waals surface area (Å²) in [6.07, 6.45) is 1.76. The zero-order valence-corrected chi connectivity index (χ0v) is 20.9. The van der Waals surface area contributed by atoms with Gasteiger partial charge in [0.05, 0.1) is 18.3 Å². The highest BCUT2D eigenvalue weighted by molar-refractivity contribution is 8.05. The van der Waals surface area contributed by atoms with Crippen molar-refractivity contribution in [2.45, 2.75) is 34.2 Å². The van der Waals surface area contributed by atoms with E-state index in [0.29, 0.717) is 11.6 Å². The molecule has 0 aliphatic carbocycles. The number of amides is 2. The maximum Gasteiger partial charge on any atom is 0.322 e. The fourth-order valence-corrected chi connectivity index (χ4v) is 7.33. The minimum atomic E-state index is -1.24. The second kappa shape index (κ2) is 10.00. The van der Waals surface area contributed by atoms with Gasteiger partial charge in [0, 0.05) is 18.8 Å². The minimum absolute atomic E-state index is 0.0475. The quantitative estimate of drug-likeness (QED) is 0.382. The summed E-state index contributed by atoms with van der Waals surface area (Å²) in [4.78, 5) is 39.7. The third kappa shape index (κ3) is 4.49. The number of nitrogens with two attached hydrogens (primary N) is 1. The molecule has 2 amide bonds. The van der Waals surface area contributed by atoms with Crippen LogP contribution >= 0.6 is 23.5 Å². The van der Waals surface area contributed by atoms with Crippen LogP contribution in [0.3, 0.4) is 0 Å². The van der Waals surface area contributed by atoms with Gasteiger partial charge in [0.1, 0.15) is 21.2 Å². The number of carboxylic acids is 1. The number of fused-ring (bicyclic) bond motifs is 1. The second-order valence-electron chi connectivity index (χ2n) is 8.68. The van der Waals surface area contributed by atoms with Crippen molar-refractivity contribution in [2.75, 3.05) is 12.3 Å². The lowest BCUT2D eigenvalue weighted by molar-refractivity contribution is -0.152. The molecule has 4 N–H and O–H groups in total. The summed E-state index contributed by atoms with van der Waals surface area (Å²) in [5.74, 6) is -1.23. The predicted octanol–water partition coefficient (Wildman–Crippen LogP) is 1.89. The van der Waals surface area contributed by atoms with E-state index in [2.05, 4.69) is 10.4 Å². The molecule has 3 aromatic rings. The predicted molar refractivity (Wildman–Crippen MR) is 138 cm³/mol. The van der Waals surface area contributed by atoms with Crippen LogP contribution in [0.1, 0.15) is 11.1 Å². The van der Waals surface area contributed by atoms with Gasteiger partial charge in [0.25, 0.3) is 0 Å². The molecular formula is C25H25N5O4S2. The Balaban J connectivity index is 1.27. The molecule has 0 saturated carbocycles. The van der Waals surface area contributed by atoms with Gasteiger partial charge >= 0.3 is 5.97 Å². The van der Waals surface area contributed by atoms with Gasteiger partial charge in [0.2, 0.25) is 11.8 Å². The van der Waals surface area contributed by atoms with Crippen LogP contribution < -0.4 is 11.1 Å². The van der Waals surface area contributed by atoms with E-state index in [9.17, 15) is 19.5 Å². The van der Waals surface area contributed by atoms with Crippen LogP contribution in [0.2, 0.25) is 0 Å². The number of aliphatic carboxylic acids is 1. The van der Waals surface area contributed by atoms with E-state index in [1.807, 2.05) is 54.6 Å². The molecule has 2 fully saturated rings. The monoisotopic (exact) mass is 523 g/mol. The Kier molecular flexibility index (Phi) is 6.78. The molecule has 9 nitrogen and oxygen atoms in total. The second-order valence-corrected chi connectivity index (χ2v) is 11.2. The zero-order chi connectivity index (χ0) is 25.3. The van der Waals surface area contributed by atoms with Crippen LogP contribution in [0.25, 0.3) is 5.69 Å². The summed E-state index contributed by atoms with van der Waals surface area (Å²) in [6.45, 7) is 0.377. The van der Waals surface area contributed by atoms with Crippen LogP contribution in [0.15, 0.2) is 71.9 Å². The first kappa shape index (κ1) is 24.4. The fourth-order valence-electron chi connectivity index (χ4n) is 4.44. The van der Waals surface area contributed by atoms with Crippen molar-refractivity contribution in [1.29, 1.82) is 0 Å². The van der Waals surface area contributed by atoms with Gasteiger partial charge in [-0.2, -0.15) is 5.10 Å². The number of carbonyl (C=O) groups is 3. The number of aromatic nitrogens is 2. The smallest absolute Gasteiger partial charge is 0.322 e. The molecule has 5 rings (SSSR count). The number of β-lactam (4-membered cyclic amide) rings is 1. The van der Waals surface area contributed by atoms with Crippen molar-refractivity contribution in [3.8, 4) is 5.69 Å². The molecule has 3 heterocycles. The molecule has 3 atom stereocenters. The zero-order valence-electron chi connectivity index (χ0n) is 19.2. The van der Waals surface area contributed by atoms with E-state index in [0.717, 1.165) is 16.8 Å². The van der Waals surface area contributed by atoms with Gasteiger partial charge in [-0.25, -0.2) is 4.68 Å². The topological polar surface area (TPSA) is 131 Å². The number of nitrogens with one attached hydrogen (secondary N) is 1. The number of carbonyl (C=O) groups excluding carboxylic acids is 2. The molecule has 2 aliphatic rings. The highest BCUT2D eigenvalue weighted by Crippen LogP contribution is 2.46. The Bertz CT molecular complexity index is 1300. The fraction of sp³-hybridized carbons (Fsp3) is 0.280. The number of benzene rings is 2. The molecular weight excluding hydrogens is 498 g/mol. The van der Waals surface area contributed by atoms with E-state index < -0.39 is 16.8 Å². The number of para-hydroxylation sites is 1. The maximum absolute atomic E-state index is 13.0. The molecule has 1 unspecified atom stereocenters. The van der Waals surface area contributed by atoms with E-state index >= 15 is 0 Å². The third-order valence-electron chi connectivity index (χ3n) is 6.36. The molecule has 1 aromatic heterocycles. The van der Waals surface area contributed by atoms with Crippen molar-refractivity contribution in [3.63, 3.8) is 0 Å². The highest BCUT2D eigenvalue weighted by atomic mass is 32.2. The van der Waals surface area contributed by atoms with Crippen molar-refractivity contribution in [1.82, 2.24) is 20.0 Å². The number of thioether (sulfide) groups is 2. The Morgan fingerprint density at radius 3 is 2.58 bits per heavy atom. The molecule has 0 radical (unpaired) electrons. The number of rotatable bonds is 8. The van der Waals surface area contributed by atoms with Crippen LogP contribution in [-0.2, 0) is 27.3 Å². The Morgan fingerprint density at radius 2 is 1.86 bits per heavy atom. The number of carboxylic acid groups (broad SMARTS) is 1. The summed E-state index contributed by atoms with van der Waals surface area (Å²) in [5, 5.41) is 17.8. The average molecular weight is 524 g/mol. The molecule has 36 heavy (non-hydrogen) atoms. The average Bonchev–Trinajstić information content (AvgIpc) is 3.36. The van der Waals surface area contributed by atoms with Gasteiger partial charge in [-0.05, 0) is 29.3 Å². The minimum Gasteiger partial charge on any atom is -0.480 e.